The van der Waals surface area contributed by atoms with Crippen LogP contribution >= 0.6 is 0 Å². The van der Waals surface area contributed by atoms with E-state index in [1.54, 1.807) is 0 Å². The zero-order valence-electron chi connectivity index (χ0n) is 41.7. The van der Waals surface area contributed by atoms with Crippen molar-refractivity contribution in [2.45, 2.75) is 27.7 Å². The largest absolute Gasteiger partial charge is 0.310 e. The number of rotatable bonds is 10. The van der Waals surface area contributed by atoms with Crippen molar-refractivity contribution in [3.05, 3.63) is 264 Å². The molecule has 0 atom stereocenters. The van der Waals surface area contributed by atoms with Crippen LogP contribution in [0.15, 0.2) is 231 Å². The highest BCUT2D eigenvalue weighted by Crippen LogP contribution is 2.49. The van der Waals surface area contributed by atoms with Gasteiger partial charge in [0.1, 0.15) is 0 Å². The summed E-state index contributed by atoms with van der Waals surface area (Å²) in [5, 5.41) is 27.4. The summed E-state index contributed by atoms with van der Waals surface area (Å²) in [6, 6.07) is 87.2. The molecular formula is C70H50N4. The Morgan fingerprint density at radius 3 is 0.932 bits per heavy atom. The van der Waals surface area contributed by atoms with Gasteiger partial charge in [-0.3, -0.25) is 0 Å². The van der Waals surface area contributed by atoms with Gasteiger partial charge in [-0.15, -0.1) is 0 Å². The van der Waals surface area contributed by atoms with Crippen LogP contribution < -0.4 is 9.80 Å². The normalized spacial score (nSPS) is 11.2. The van der Waals surface area contributed by atoms with Crippen molar-refractivity contribution in [2.75, 3.05) is 9.80 Å². The van der Waals surface area contributed by atoms with E-state index < -0.39 is 0 Å². The van der Waals surface area contributed by atoms with Crippen LogP contribution in [0.25, 0.3) is 76.8 Å². The van der Waals surface area contributed by atoms with Crippen LogP contribution in [-0.4, -0.2) is 0 Å². The minimum atomic E-state index is 0.584. The lowest BCUT2D eigenvalue weighted by atomic mass is 9.91. The van der Waals surface area contributed by atoms with E-state index >= 15 is 0 Å². The van der Waals surface area contributed by atoms with E-state index in [0.29, 0.717) is 11.1 Å². The van der Waals surface area contributed by atoms with Crippen LogP contribution in [0.5, 0.6) is 0 Å². The molecule has 0 spiro atoms. The van der Waals surface area contributed by atoms with E-state index in [-0.39, 0.29) is 0 Å². The van der Waals surface area contributed by atoms with Crippen molar-refractivity contribution in [3.8, 4) is 56.6 Å². The highest BCUT2D eigenvalue weighted by atomic mass is 15.2. The van der Waals surface area contributed by atoms with Crippen LogP contribution in [0.2, 0.25) is 0 Å². The van der Waals surface area contributed by atoms with Crippen molar-refractivity contribution in [2.24, 2.45) is 0 Å². The van der Waals surface area contributed by atoms with Crippen LogP contribution in [0.4, 0.5) is 34.1 Å². The molecule has 0 aromatic heterocycles. The average molecular weight is 947 g/mol. The van der Waals surface area contributed by atoms with Crippen LogP contribution in [0.3, 0.4) is 0 Å². The first-order valence-corrected chi connectivity index (χ1v) is 25.1. The Balaban J connectivity index is 1.12. The summed E-state index contributed by atoms with van der Waals surface area (Å²) in [5.41, 5.74) is 20.6. The van der Waals surface area contributed by atoms with E-state index in [0.717, 1.165) is 111 Å². The summed E-state index contributed by atoms with van der Waals surface area (Å²) in [5.74, 6) is 0. The Kier molecular flexibility index (Phi) is 11.5. The predicted octanol–water partition coefficient (Wildman–Crippen LogP) is 19.2. The molecule has 0 saturated heterocycles. The van der Waals surface area contributed by atoms with Gasteiger partial charge in [-0.25, -0.2) is 0 Å². The number of hydrogen-bond acceptors (Lipinski definition) is 4. The van der Waals surface area contributed by atoms with Crippen molar-refractivity contribution in [1.29, 1.82) is 10.5 Å². The Morgan fingerprint density at radius 1 is 0.284 bits per heavy atom. The first kappa shape index (κ1) is 45.4. The molecule has 0 amide bonds. The number of benzene rings is 12. The van der Waals surface area contributed by atoms with Crippen molar-refractivity contribution < 1.29 is 0 Å². The Bertz CT molecular complexity index is 3840. The number of aryl methyl sites for hydroxylation is 4. The summed E-state index contributed by atoms with van der Waals surface area (Å²) in [6.07, 6.45) is 0. The summed E-state index contributed by atoms with van der Waals surface area (Å²) < 4.78 is 0. The fraction of sp³-hybridized carbons (Fsp3) is 0.0571. The van der Waals surface area contributed by atoms with E-state index in [4.69, 9.17) is 0 Å². The highest BCUT2D eigenvalue weighted by molar-refractivity contribution is 6.28. The maximum Gasteiger partial charge on any atom is 0.0992 e. The molecule has 0 heterocycles. The van der Waals surface area contributed by atoms with Crippen molar-refractivity contribution in [1.82, 2.24) is 0 Å². The van der Waals surface area contributed by atoms with Crippen LogP contribution in [0, 0.1) is 50.4 Å². The number of anilines is 6. The van der Waals surface area contributed by atoms with Gasteiger partial charge in [-0.2, -0.15) is 10.5 Å². The molecule has 0 N–H and O–H groups in total. The van der Waals surface area contributed by atoms with Gasteiger partial charge in [-0.05, 0) is 179 Å². The lowest BCUT2D eigenvalue weighted by Crippen LogP contribution is -2.12. The molecule has 0 radical (unpaired) electrons. The molecule has 0 unspecified atom stereocenters. The second-order valence-corrected chi connectivity index (χ2v) is 19.6. The molecular weight excluding hydrogens is 897 g/mol. The van der Waals surface area contributed by atoms with Crippen molar-refractivity contribution in [3.63, 3.8) is 0 Å². The van der Waals surface area contributed by atoms with Gasteiger partial charge in [0.2, 0.25) is 0 Å². The lowest BCUT2D eigenvalue weighted by Gasteiger charge is -2.30. The molecule has 0 saturated carbocycles. The zero-order valence-corrected chi connectivity index (χ0v) is 41.7. The molecule has 350 valence electrons. The first-order chi connectivity index (χ1) is 36.2. The SMILES string of the molecule is Cc1cccc(-c2cc(-c3cccc(C)c3)cc(N(c3cccc(C#N)c3)c3ccc4ccc5c(N(c6cccc(C#N)c6)c6cc(-c7cccc(C)c7)cc(-c7cccc(C)c7)c6)ccc6ccc3c4c65)c2)c1. The molecule has 74 heavy (non-hydrogen) atoms. The first-order valence-electron chi connectivity index (χ1n) is 25.1. The fourth-order valence-corrected chi connectivity index (χ4v) is 10.9. The maximum absolute atomic E-state index is 10.3. The molecule has 4 heteroatoms. The minimum absolute atomic E-state index is 0.584. The fourth-order valence-electron chi connectivity index (χ4n) is 10.9. The quantitative estimate of drug-likeness (QED) is 0.128. The average Bonchev–Trinajstić information content (AvgIpc) is 3.43. The van der Waals surface area contributed by atoms with E-state index in [9.17, 15) is 10.5 Å². The summed E-state index contributed by atoms with van der Waals surface area (Å²) in [6.45, 7) is 8.55. The van der Waals surface area contributed by atoms with Gasteiger partial charge in [0.05, 0.1) is 34.6 Å². The van der Waals surface area contributed by atoms with Gasteiger partial charge in [-0.1, -0.05) is 168 Å². The number of hydrogen-bond donors (Lipinski definition) is 0. The third-order valence-corrected chi connectivity index (χ3v) is 14.3. The van der Waals surface area contributed by atoms with Crippen LogP contribution in [-0.2, 0) is 0 Å². The molecule has 12 aromatic carbocycles. The zero-order chi connectivity index (χ0) is 50.5. The summed E-state index contributed by atoms with van der Waals surface area (Å²) in [7, 11) is 0. The van der Waals surface area contributed by atoms with Crippen molar-refractivity contribution >= 4 is 66.4 Å². The van der Waals surface area contributed by atoms with Crippen LogP contribution in [0.1, 0.15) is 33.4 Å². The standard InChI is InChI=1S/C70H50N4/c1-45-11-5-17-53(31-45)57-37-58(54-18-6-12-46(2)32-54)40-63(39-57)73(61-21-9-15-49(35-61)43-71)67-29-25-51-24-28-66-68(30-26-52-23-27-65(67)69(51)70(52)66)74(62-22-10-16-50(36-62)44-72)64-41-59(55-19-7-13-47(3)33-55)38-60(42-64)56-20-8-14-48(4)34-56/h5-42H,1-4H3. The highest BCUT2D eigenvalue weighted by Gasteiger charge is 2.24. The van der Waals surface area contributed by atoms with E-state index in [1.807, 2.05) is 36.4 Å². The monoisotopic (exact) mass is 946 g/mol. The topological polar surface area (TPSA) is 54.1 Å². The third-order valence-electron chi connectivity index (χ3n) is 14.3. The third kappa shape index (κ3) is 8.45. The molecule has 12 rings (SSSR count). The molecule has 0 aliphatic carbocycles. The Morgan fingerprint density at radius 2 is 0.608 bits per heavy atom. The predicted molar refractivity (Wildman–Crippen MR) is 310 cm³/mol. The molecule has 0 aliphatic heterocycles. The maximum atomic E-state index is 10.3. The second kappa shape index (κ2) is 18.8. The van der Waals surface area contributed by atoms with Gasteiger partial charge in [0.15, 0.2) is 0 Å². The van der Waals surface area contributed by atoms with Gasteiger partial charge in [0, 0.05) is 33.5 Å². The number of nitrogens with zero attached hydrogens (tertiary/aromatic N) is 4. The second-order valence-electron chi connectivity index (χ2n) is 19.6. The summed E-state index contributed by atoms with van der Waals surface area (Å²) in [4.78, 5) is 4.66. The molecule has 0 aliphatic rings. The molecule has 12 aromatic rings. The van der Waals surface area contributed by atoms with Gasteiger partial charge < -0.3 is 9.80 Å². The molecule has 4 nitrogen and oxygen atoms in total. The molecule has 0 bridgehead atoms. The van der Waals surface area contributed by atoms with E-state index in [2.05, 4.69) is 244 Å². The lowest BCUT2D eigenvalue weighted by molar-refractivity contribution is 1.29. The number of nitriles is 2. The Labute approximate surface area is 432 Å². The molecule has 0 fully saturated rings. The minimum Gasteiger partial charge on any atom is -0.310 e. The summed E-state index contributed by atoms with van der Waals surface area (Å²) >= 11 is 0. The Hall–Kier alpha value is -9.74. The smallest absolute Gasteiger partial charge is 0.0992 e. The van der Waals surface area contributed by atoms with Gasteiger partial charge in [0.25, 0.3) is 0 Å². The van der Waals surface area contributed by atoms with Gasteiger partial charge >= 0.3 is 0 Å². The van der Waals surface area contributed by atoms with E-state index in [1.165, 1.54) is 22.3 Å².